The largest absolute Gasteiger partial charge is 1.04 e. The molecule has 0 saturated heterocycles. The van der Waals surface area contributed by atoms with Gasteiger partial charge in [0.2, 0.25) is 0 Å². The molecule has 0 atom stereocenters. The van der Waals surface area contributed by atoms with Crippen molar-refractivity contribution < 1.29 is 45.1 Å². The van der Waals surface area contributed by atoms with E-state index in [1.807, 2.05) is 0 Å². The second-order valence-corrected chi connectivity index (χ2v) is 0.742. The first kappa shape index (κ1) is 15.9. The van der Waals surface area contributed by atoms with E-state index in [0.29, 0.717) is 0 Å². The third kappa shape index (κ3) is 81.8. The Morgan fingerprint density at radius 2 is 1.14 bits per heavy atom. The summed E-state index contributed by atoms with van der Waals surface area (Å²) in [7, 11) is 0. The maximum absolute atomic E-state index is 9.81. The van der Waals surface area contributed by atoms with Gasteiger partial charge in [-0.3, -0.25) is 0 Å². The number of rotatable bonds is 0. The van der Waals surface area contributed by atoms with Crippen LogP contribution in [0.25, 0.3) is 0 Å². The molecule has 0 fully saturated rings. The topological polar surface area (TPSA) is 0 Å². The van der Waals surface area contributed by atoms with Gasteiger partial charge < -0.3 is 15.5 Å². The van der Waals surface area contributed by atoms with Gasteiger partial charge >= 0.3 is 61.8 Å². The first-order valence-electron chi connectivity index (χ1n) is 1.03. The molecule has 0 aliphatic rings. The first-order valence-corrected chi connectivity index (χ1v) is 3.10. The van der Waals surface area contributed by atoms with Gasteiger partial charge in [0, 0.05) is 0 Å². The van der Waals surface area contributed by atoms with Crippen LogP contribution in [0.15, 0.2) is 0 Å². The van der Waals surface area contributed by atoms with Crippen LogP contribution >= 0.6 is 0 Å². The van der Waals surface area contributed by atoms with Crippen molar-refractivity contribution in [2.75, 3.05) is 0 Å². The first-order chi connectivity index (χ1) is 2.73. The van der Waals surface area contributed by atoms with E-state index in [2.05, 4.69) is 0 Å². The zero-order valence-electron chi connectivity index (χ0n) is 5.09. The minimum Gasteiger partial charge on any atom is -1.00 e. The second kappa shape index (κ2) is 15.7. The van der Waals surface area contributed by atoms with Gasteiger partial charge in [0.25, 0.3) is 0 Å². The van der Waals surface area contributed by atoms with E-state index in [1.54, 1.807) is 0 Å². The molecule has 0 saturated carbocycles. The normalized spacial score (nSPS) is 4.57. The average molecular weight is 156 g/mol. The molecular weight excluding hydrogens is 153 g/mol. The summed E-state index contributed by atoms with van der Waals surface area (Å²) < 4.78 is 39.1. The summed E-state index contributed by atoms with van der Waals surface area (Å²) in [4.78, 5) is 0. The molecule has 38 valence electrons. The Labute approximate surface area is 76.8 Å². The minimum absolute atomic E-state index is 0. The molecule has 0 radical (unpaired) electrons. The van der Waals surface area contributed by atoms with Crippen molar-refractivity contribution >= 4 is 32.3 Å². The van der Waals surface area contributed by atoms with Crippen molar-refractivity contribution in [3.8, 4) is 0 Å². The van der Waals surface area contributed by atoms with Crippen molar-refractivity contribution in [1.82, 2.24) is 0 Å². The Kier molecular flexibility index (Phi) is 35.6. The minimum atomic E-state index is -4.64. The van der Waals surface area contributed by atoms with Crippen molar-refractivity contribution in [3.63, 3.8) is 0 Å². The van der Waals surface area contributed by atoms with Gasteiger partial charge in [-0.1, -0.05) is 0 Å². The molecule has 0 aromatic rings. The van der Waals surface area contributed by atoms with Crippen LogP contribution in [-0.4, -0.2) is 32.3 Å². The Hall–Kier alpha value is 1.78. The molecule has 0 aromatic heterocycles. The average Bonchev–Trinajstić information content (AvgIpc) is 1.41. The van der Waals surface area contributed by atoms with Gasteiger partial charge in [-0.05, 0) is 0 Å². The Bertz CT molecular complexity index is 18.8. The van der Waals surface area contributed by atoms with Crippen LogP contribution in [0.4, 0.5) is 14.1 Å². The van der Waals surface area contributed by atoms with Crippen LogP contribution in [0.3, 0.4) is 0 Å². The van der Waals surface area contributed by atoms with Crippen molar-refractivity contribution in [1.29, 1.82) is 0 Å². The fraction of sp³-hybridized carbons (Fsp3) is 0. The zero-order chi connectivity index (χ0) is 5.58. The molecule has 0 amide bonds. The van der Waals surface area contributed by atoms with E-state index in [4.69, 9.17) is 0 Å². The van der Waals surface area contributed by atoms with Crippen LogP contribution in [0.2, 0.25) is 0 Å². The quantitative estimate of drug-likeness (QED) is 0.268. The number of hydrogen-bond acceptors (Lipinski definition) is 0. The van der Waals surface area contributed by atoms with E-state index in [9.17, 15) is 14.1 Å². The number of halogens is 4. The van der Waals surface area contributed by atoms with Crippen LogP contribution in [0.5, 0.6) is 0 Å². The standard InChI is InChI=1S/2Al.4FH.Na.3H/h;;4*1H;;;;/q+1;+3;;;;;+1;;;-1/p-4. The summed E-state index contributed by atoms with van der Waals surface area (Å²) in [6.07, 6.45) is 0. The fourth-order valence-electron chi connectivity index (χ4n) is 0. The Morgan fingerprint density at radius 1 is 1.14 bits per heavy atom. The fourth-order valence-corrected chi connectivity index (χ4v) is 0. The molecular formula is H3Al2F4Na. The van der Waals surface area contributed by atoms with Gasteiger partial charge in [-0.2, -0.15) is 0 Å². The molecule has 0 N–H and O–H groups in total. The molecule has 0 heterocycles. The zero-order valence-corrected chi connectivity index (χ0v) is 9.24. The molecule has 7 heavy (non-hydrogen) atoms. The molecule has 0 aromatic carbocycles. The van der Waals surface area contributed by atoms with E-state index in [-0.39, 0.29) is 47.7 Å². The maximum atomic E-state index is 9.81. The van der Waals surface area contributed by atoms with E-state index < -0.39 is 15.5 Å². The molecule has 0 rings (SSSR count). The predicted molar refractivity (Wildman–Crippen MR) is 19.8 cm³/mol. The van der Waals surface area contributed by atoms with Crippen molar-refractivity contribution in [2.45, 2.75) is 0 Å². The summed E-state index contributed by atoms with van der Waals surface area (Å²) in [6.45, 7) is 0. The van der Waals surface area contributed by atoms with Gasteiger partial charge in [-0.25, -0.2) is 0 Å². The third-order valence-corrected chi connectivity index (χ3v) is 0. The van der Waals surface area contributed by atoms with Crippen LogP contribution in [0.1, 0.15) is 1.43 Å². The Balaban J connectivity index is -0.0000000183. The molecule has 0 aliphatic heterocycles. The molecule has 0 bridgehead atoms. The molecule has 7 heteroatoms. The van der Waals surface area contributed by atoms with Crippen molar-refractivity contribution in [3.05, 3.63) is 0 Å². The van der Waals surface area contributed by atoms with E-state index in [0.717, 1.165) is 0 Å². The van der Waals surface area contributed by atoms with Gasteiger partial charge in [0.15, 0.2) is 0 Å². The summed E-state index contributed by atoms with van der Waals surface area (Å²) >= 11 is -4.83. The smallest absolute Gasteiger partial charge is 1.00 e. The maximum Gasteiger partial charge on any atom is 1.04 e. The summed E-state index contributed by atoms with van der Waals surface area (Å²) in [5, 5.41) is 0. The monoisotopic (exact) mass is 156 g/mol. The van der Waals surface area contributed by atoms with E-state index >= 15 is 0 Å². The van der Waals surface area contributed by atoms with Crippen LogP contribution in [0, 0.1) is 0 Å². The summed E-state index contributed by atoms with van der Waals surface area (Å²) in [5.74, 6) is 0. The predicted octanol–water partition coefficient (Wildman–Crippen LogP) is -2.50. The van der Waals surface area contributed by atoms with Crippen molar-refractivity contribution in [2.24, 2.45) is 0 Å². The summed E-state index contributed by atoms with van der Waals surface area (Å²) in [6, 6.07) is 0. The van der Waals surface area contributed by atoms with Gasteiger partial charge in [0.05, 0.1) is 0 Å². The molecule has 0 aliphatic carbocycles. The van der Waals surface area contributed by atoms with Gasteiger partial charge in [0.1, 0.15) is 0 Å². The van der Waals surface area contributed by atoms with Gasteiger partial charge in [-0.15, -0.1) is 0 Å². The number of hydrogen-bond donors (Lipinski definition) is 0. The summed E-state index contributed by atoms with van der Waals surface area (Å²) in [5.41, 5.74) is 0. The molecule has 0 nitrogen and oxygen atoms in total. The second-order valence-electron chi connectivity index (χ2n) is 0.247. The Morgan fingerprint density at radius 3 is 1.14 bits per heavy atom. The van der Waals surface area contributed by atoms with Crippen LogP contribution in [-0.2, 0) is 0 Å². The van der Waals surface area contributed by atoms with E-state index in [1.165, 1.54) is 0 Å². The van der Waals surface area contributed by atoms with Crippen LogP contribution < -0.4 is 29.6 Å². The molecule has 0 unspecified atom stereocenters. The SMILES string of the molecule is [F][AlH2].[F][Al]([F])[F].[H-].[Na+]. The molecule has 0 spiro atoms. The third-order valence-electron chi connectivity index (χ3n) is 0.